The Labute approximate surface area is 141 Å². The van der Waals surface area contributed by atoms with Crippen LogP contribution < -0.4 is 16.9 Å². The maximum Gasteiger partial charge on any atom is 0.345 e. The summed E-state index contributed by atoms with van der Waals surface area (Å²) in [7, 11) is 0. The highest BCUT2D eigenvalue weighted by atomic mass is 35.5. The number of halogens is 1. The number of hydrazone groups is 2. The number of nitrogens with one attached hydrogen (secondary N) is 1. The topological polar surface area (TPSA) is 109 Å². The Bertz CT molecular complexity index is 546. The van der Waals surface area contributed by atoms with Crippen LogP contribution in [-0.2, 0) is 0 Å². The minimum atomic E-state index is -0.526. The highest BCUT2D eigenvalue weighted by molar-refractivity contribution is 6.69. The average Bonchev–Trinajstić information content (AvgIpc) is 2.59. The minimum Gasteiger partial charge on any atom is -0.366 e. The molecule has 8 heteroatoms. The SMILES string of the molecule is CCCCCCNC(=O)N(N=C(Cl)c1ccccc1)C(N)=NN. The summed E-state index contributed by atoms with van der Waals surface area (Å²) in [6.07, 6.45) is 4.18. The number of hydrogen-bond acceptors (Lipinski definition) is 4. The van der Waals surface area contributed by atoms with Crippen molar-refractivity contribution in [1.29, 1.82) is 0 Å². The fourth-order valence-electron chi connectivity index (χ4n) is 1.80. The molecule has 7 nitrogen and oxygen atoms in total. The van der Waals surface area contributed by atoms with Gasteiger partial charge in [-0.15, -0.1) is 15.2 Å². The van der Waals surface area contributed by atoms with Gasteiger partial charge in [0.25, 0.3) is 0 Å². The van der Waals surface area contributed by atoms with E-state index in [1.54, 1.807) is 12.1 Å². The first-order chi connectivity index (χ1) is 11.1. The predicted molar refractivity (Wildman–Crippen MR) is 94.0 cm³/mol. The van der Waals surface area contributed by atoms with E-state index in [-0.39, 0.29) is 11.1 Å². The number of nitrogens with zero attached hydrogens (tertiary/aromatic N) is 3. The van der Waals surface area contributed by atoms with Crippen LogP contribution in [0.15, 0.2) is 40.5 Å². The van der Waals surface area contributed by atoms with Crippen molar-refractivity contribution < 1.29 is 4.79 Å². The van der Waals surface area contributed by atoms with Crippen LogP contribution in [0.4, 0.5) is 4.79 Å². The minimum absolute atomic E-state index is 0.110. The molecule has 0 fully saturated rings. The third kappa shape index (κ3) is 6.56. The van der Waals surface area contributed by atoms with Gasteiger partial charge in [0.2, 0.25) is 5.96 Å². The Kier molecular flexibility index (Phi) is 8.52. The molecule has 1 rings (SSSR count). The fourth-order valence-corrected chi connectivity index (χ4v) is 2.00. The van der Waals surface area contributed by atoms with E-state index >= 15 is 0 Å². The molecule has 0 atom stereocenters. The van der Waals surface area contributed by atoms with Crippen molar-refractivity contribution in [2.75, 3.05) is 6.54 Å². The number of guanidine groups is 1. The molecule has 1 aromatic rings. The van der Waals surface area contributed by atoms with E-state index in [9.17, 15) is 4.79 Å². The summed E-state index contributed by atoms with van der Waals surface area (Å²) in [4.78, 5) is 12.2. The van der Waals surface area contributed by atoms with Crippen LogP contribution >= 0.6 is 11.6 Å². The van der Waals surface area contributed by atoms with Gasteiger partial charge in [0.15, 0.2) is 5.17 Å². The fraction of sp³-hybridized carbons (Fsp3) is 0.400. The monoisotopic (exact) mass is 338 g/mol. The van der Waals surface area contributed by atoms with Crippen LogP contribution in [0.5, 0.6) is 0 Å². The lowest BCUT2D eigenvalue weighted by molar-refractivity contribution is 0.221. The zero-order chi connectivity index (χ0) is 17.1. The van der Waals surface area contributed by atoms with Crippen molar-refractivity contribution in [3.63, 3.8) is 0 Å². The number of urea groups is 1. The molecule has 0 saturated carbocycles. The summed E-state index contributed by atoms with van der Waals surface area (Å²) < 4.78 is 0. The molecule has 0 heterocycles. The van der Waals surface area contributed by atoms with E-state index in [4.69, 9.17) is 23.2 Å². The van der Waals surface area contributed by atoms with Crippen molar-refractivity contribution in [1.82, 2.24) is 10.3 Å². The first kappa shape index (κ1) is 18.8. The van der Waals surface area contributed by atoms with E-state index in [2.05, 4.69) is 22.4 Å². The zero-order valence-corrected chi connectivity index (χ0v) is 14.0. The molecule has 0 saturated heterocycles. The quantitative estimate of drug-likeness (QED) is 0.233. The Morgan fingerprint density at radius 1 is 1.26 bits per heavy atom. The number of carbonyl (C=O) groups is 1. The molecule has 1 aromatic carbocycles. The van der Waals surface area contributed by atoms with E-state index in [1.807, 2.05) is 18.2 Å². The Morgan fingerprint density at radius 3 is 2.57 bits per heavy atom. The number of unbranched alkanes of at least 4 members (excludes halogenated alkanes) is 3. The van der Waals surface area contributed by atoms with Gasteiger partial charge in [-0.3, -0.25) is 0 Å². The molecule has 0 aliphatic carbocycles. The van der Waals surface area contributed by atoms with Crippen molar-refractivity contribution in [2.45, 2.75) is 32.6 Å². The molecular formula is C15H23ClN6O. The number of carbonyl (C=O) groups excluding carboxylic acids is 1. The number of amides is 2. The summed E-state index contributed by atoms with van der Waals surface area (Å²) in [5.74, 6) is 4.90. The van der Waals surface area contributed by atoms with Crippen LogP contribution in [0.1, 0.15) is 38.2 Å². The third-order valence-corrected chi connectivity index (χ3v) is 3.34. The molecule has 0 unspecified atom stereocenters. The molecule has 126 valence electrons. The second-order valence-corrected chi connectivity index (χ2v) is 5.21. The molecule has 0 bridgehead atoms. The van der Waals surface area contributed by atoms with Crippen LogP contribution in [0, 0.1) is 0 Å². The van der Waals surface area contributed by atoms with Crippen molar-refractivity contribution in [3.05, 3.63) is 35.9 Å². The Balaban J connectivity index is 2.75. The van der Waals surface area contributed by atoms with E-state index < -0.39 is 6.03 Å². The average molecular weight is 339 g/mol. The Morgan fingerprint density at radius 2 is 1.96 bits per heavy atom. The molecule has 5 N–H and O–H groups in total. The zero-order valence-electron chi connectivity index (χ0n) is 13.2. The van der Waals surface area contributed by atoms with Crippen LogP contribution in [0.2, 0.25) is 0 Å². The maximum absolute atomic E-state index is 12.2. The van der Waals surface area contributed by atoms with Gasteiger partial charge in [-0.25, -0.2) is 4.79 Å². The summed E-state index contributed by atoms with van der Waals surface area (Å²) in [6, 6.07) is 8.48. The molecule has 2 amide bonds. The van der Waals surface area contributed by atoms with E-state index in [0.29, 0.717) is 12.1 Å². The second-order valence-electron chi connectivity index (χ2n) is 4.85. The molecular weight excluding hydrogens is 316 g/mol. The normalized spacial score (nSPS) is 12.1. The standard InChI is InChI=1S/C15H23ClN6O/c1-2-3-4-8-11-19-15(23)22(14(17)20-18)21-13(16)12-9-6-5-7-10-12/h5-7,9-10H,2-4,8,11,18H2,1H3,(H2,17,20)(H,19,23). The molecule has 0 aliphatic rings. The Hall–Kier alpha value is -2.28. The van der Waals surface area contributed by atoms with Crippen LogP contribution in [-0.4, -0.2) is 28.7 Å². The van der Waals surface area contributed by atoms with Crippen molar-refractivity contribution >= 4 is 28.8 Å². The maximum atomic E-state index is 12.2. The van der Waals surface area contributed by atoms with Gasteiger partial charge in [0.05, 0.1) is 0 Å². The summed E-state index contributed by atoms with van der Waals surface area (Å²) in [5, 5.41) is 11.0. The number of hydrogen-bond donors (Lipinski definition) is 3. The van der Waals surface area contributed by atoms with Crippen molar-refractivity contribution in [3.8, 4) is 0 Å². The van der Waals surface area contributed by atoms with Crippen molar-refractivity contribution in [2.24, 2.45) is 21.8 Å². The molecule has 23 heavy (non-hydrogen) atoms. The third-order valence-electron chi connectivity index (χ3n) is 3.05. The number of benzene rings is 1. The number of rotatable bonds is 7. The largest absolute Gasteiger partial charge is 0.366 e. The van der Waals surface area contributed by atoms with Gasteiger partial charge >= 0.3 is 6.03 Å². The van der Waals surface area contributed by atoms with Gasteiger partial charge in [-0.05, 0) is 6.42 Å². The lowest BCUT2D eigenvalue weighted by atomic mass is 10.2. The number of nitrogens with two attached hydrogens (primary N) is 2. The first-order valence-corrected chi connectivity index (χ1v) is 7.88. The molecule has 0 spiro atoms. The first-order valence-electron chi connectivity index (χ1n) is 7.51. The van der Waals surface area contributed by atoms with E-state index in [0.717, 1.165) is 30.7 Å². The van der Waals surface area contributed by atoms with Crippen LogP contribution in [0.3, 0.4) is 0 Å². The lowest BCUT2D eigenvalue weighted by Gasteiger charge is -2.16. The lowest BCUT2D eigenvalue weighted by Crippen LogP contribution is -2.45. The van der Waals surface area contributed by atoms with E-state index in [1.165, 1.54) is 0 Å². The highest BCUT2D eigenvalue weighted by Gasteiger charge is 2.17. The second kappa shape index (κ2) is 10.4. The predicted octanol–water partition coefficient (Wildman–Crippen LogP) is 2.37. The molecule has 0 aromatic heterocycles. The van der Waals surface area contributed by atoms with Crippen LogP contribution in [0.25, 0.3) is 0 Å². The molecule has 0 aliphatic heterocycles. The highest BCUT2D eigenvalue weighted by Crippen LogP contribution is 2.07. The van der Waals surface area contributed by atoms with Gasteiger partial charge < -0.3 is 16.9 Å². The van der Waals surface area contributed by atoms with Gasteiger partial charge in [-0.2, -0.15) is 0 Å². The van der Waals surface area contributed by atoms with Gasteiger partial charge in [0, 0.05) is 12.1 Å². The summed E-state index contributed by atoms with van der Waals surface area (Å²) in [6.45, 7) is 2.64. The summed E-state index contributed by atoms with van der Waals surface area (Å²) in [5.41, 5.74) is 6.27. The molecule has 0 radical (unpaired) electrons. The summed E-state index contributed by atoms with van der Waals surface area (Å²) >= 11 is 6.13. The van der Waals surface area contributed by atoms with Gasteiger partial charge in [0.1, 0.15) is 0 Å². The smallest absolute Gasteiger partial charge is 0.345 e. The van der Waals surface area contributed by atoms with Gasteiger partial charge in [-0.1, -0.05) is 68.1 Å².